The molecular weight excluding hydrogens is 148 g/mol. The van der Waals surface area contributed by atoms with E-state index in [2.05, 4.69) is 14.7 Å². The van der Waals surface area contributed by atoms with Crippen molar-refractivity contribution in [1.82, 2.24) is 0 Å². The smallest absolute Gasteiger partial charge is 0.367 e. The first-order chi connectivity index (χ1) is 5.24. The Morgan fingerprint density at radius 3 is 2.91 bits per heavy atom. The van der Waals surface area contributed by atoms with Crippen molar-refractivity contribution in [2.75, 3.05) is 6.61 Å². The number of hydrogen-bond acceptors (Lipinski definition) is 3. The minimum atomic E-state index is -0.659. The van der Waals surface area contributed by atoms with Crippen LogP contribution in [-0.2, 0) is 9.53 Å². The summed E-state index contributed by atoms with van der Waals surface area (Å²) in [4.78, 5) is 27.7. The predicted molar refractivity (Wildman–Crippen MR) is 38.0 cm³/mol. The first-order valence-corrected chi connectivity index (χ1v) is 3.08. The van der Waals surface area contributed by atoms with Crippen LogP contribution in [0.15, 0.2) is 9.98 Å². The standard InChI is InChI=1S/C6H6N2O3/c1-2-11-5(9)4-3-7-6(10)8-4/h3H,2H2,1H3. The lowest BCUT2D eigenvalue weighted by atomic mass is 10.4. The van der Waals surface area contributed by atoms with Crippen molar-refractivity contribution < 1.29 is 14.3 Å². The molecule has 5 heteroatoms. The van der Waals surface area contributed by atoms with E-state index in [1.165, 1.54) is 0 Å². The average molecular weight is 154 g/mol. The fourth-order valence-corrected chi connectivity index (χ4v) is 0.581. The molecule has 1 aliphatic rings. The van der Waals surface area contributed by atoms with E-state index >= 15 is 0 Å². The fraction of sp³-hybridized carbons (Fsp3) is 0.333. The maximum absolute atomic E-state index is 10.8. The number of hydrogen-bond donors (Lipinski definition) is 0. The molecule has 0 spiro atoms. The first kappa shape index (κ1) is 7.59. The van der Waals surface area contributed by atoms with Gasteiger partial charge in [0.2, 0.25) is 0 Å². The van der Waals surface area contributed by atoms with E-state index in [1.807, 2.05) is 0 Å². The molecule has 0 aromatic heterocycles. The molecule has 11 heavy (non-hydrogen) atoms. The second-order valence-corrected chi connectivity index (χ2v) is 1.76. The van der Waals surface area contributed by atoms with Gasteiger partial charge in [-0.1, -0.05) is 0 Å². The van der Waals surface area contributed by atoms with Gasteiger partial charge in [-0.05, 0) is 6.92 Å². The van der Waals surface area contributed by atoms with Crippen LogP contribution in [0, 0.1) is 0 Å². The molecule has 58 valence electrons. The van der Waals surface area contributed by atoms with E-state index < -0.39 is 12.0 Å². The topological polar surface area (TPSA) is 68.1 Å². The van der Waals surface area contributed by atoms with Crippen LogP contribution in [0.2, 0.25) is 0 Å². The summed E-state index contributed by atoms with van der Waals surface area (Å²) >= 11 is 0. The molecule has 1 aliphatic heterocycles. The minimum absolute atomic E-state index is 0.0307. The van der Waals surface area contributed by atoms with Crippen molar-refractivity contribution in [2.45, 2.75) is 6.92 Å². The summed E-state index contributed by atoms with van der Waals surface area (Å²) in [6, 6.07) is -0.659. The lowest BCUT2D eigenvalue weighted by molar-refractivity contribution is -0.134. The normalized spacial score (nSPS) is 15.0. The quantitative estimate of drug-likeness (QED) is 0.533. The molecule has 0 aromatic carbocycles. The molecule has 1 heterocycles. The number of carbonyl (C=O) groups excluding carboxylic acids is 2. The SMILES string of the molecule is CCOC(=O)C1=NC(=O)N=C1. The third-order valence-corrected chi connectivity index (χ3v) is 0.998. The Hall–Kier alpha value is -1.52. The number of aliphatic imine (C=N–C) groups is 2. The molecule has 0 bridgehead atoms. The van der Waals surface area contributed by atoms with E-state index in [0.29, 0.717) is 0 Å². The van der Waals surface area contributed by atoms with Crippen LogP contribution >= 0.6 is 0 Å². The zero-order valence-electron chi connectivity index (χ0n) is 5.90. The van der Waals surface area contributed by atoms with Crippen LogP contribution in [0.5, 0.6) is 0 Å². The second kappa shape index (κ2) is 3.05. The maximum atomic E-state index is 10.8. The maximum Gasteiger partial charge on any atom is 0.367 e. The van der Waals surface area contributed by atoms with Crippen LogP contribution in [0.1, 0.15) is 6.92 Å². The number of urea groups is 1. The van der Waals surface area contributed by atoms with Gasteiger partial charge in [0, 0.05) is 0 Å². The van der Waals surface area contributed by atoms with Crippen molar-refractivity contribution in [3.8, 4) is 0 Å². The number of esters is 1. The molecule has 0 saturated carbocycles. The van der Waals surface area contributed by atoms with Crippen LogP contribution in [0.4, 0.5) is 4.79 Å². The molecule has 0 radical (unpaired) electrons. The average Bonchev–Trinajstić information content (AvgIpc) is 2.36. The predicted octanol–water partition coefficient (Wildman–Crippen LogP) is 0.195. The molecule has 0 unspecified atom stereocenters. The Morgan fingerprint density at radius 2 is 2.45 bits per heavy atom. The van der Waals surface area contributed by atoms with E-state index in [-0.39, 0.29) is 12.3 Å². The number of nitrogens with zero attached hydrogens (tertiary/aromatic N) is 2. The van der Waals surface area contributed by atoms with E-state index in [1.54, 1.807) is 6.92 Å². The highest BCUT2D eigenvalue weighted by molar-refractivity contribution is 6.62. The van der Waals surface area contributed by atoms with Crippen LogP contribution in [0.3, 0.4) is 0 Å². The van der Waals surface area contributed by atoms with Gasteiger partial charge in [0.1, 0.15) is 0 Å². The Morgan fingerprint density at radius 1 is 1.73 bits per heavy atom. The number of amides is 2. The van der Waals surface area contributed by atoms with Crippen LogP contribution in [-0.4, -0.2) is 30.5 Å². The highest BCUT2D eigenvalue weighted by Crippen LogP contribution is 1.94. The third-order valence-electron chi connectivity index (χ3n) is 0.998. The van der Waals surface area contributed by atoms with Gasteiger partial charge in [-0.3, -0.25) is 0 Å². The van der Waals surface area contributed by atoms with Gasteiger partial charge in [0.05, 0.1) is 12.8 Å². The van der Waals surface area contributed by atoms with Crippen LogP contribution in [0.25, 0.3) is 0 Å². The Labute approximate surface area is 62.8 Å². The zero-order valence-corrected chi connectivity index (χ0v) is 5.90. The molecule has 0 aliphatic carbocycles. The lowest BCUT2D eigenvalue weighted by Crippen LogP contribution is -2.16. The van der Waals surface area contributed by atoms with Gasteiger partial charge in [-0.2, -0.15) is 9.98 Å². The largest absolute Gasteiger partial charge is 0.461 e. The lowest BCUT2D eigenvalue weighted by Gasteiger charge is -1.95. The monoisotopic (exact) mass is 154 g/mol. The molecule has 5 nitrogen and oxygen atoms in total. The molecule has 2 amide bonds. The Kier molecular flexibility index (Phi) is 2.10. The van der Waals surface area contributed by atoms with Crippen molar-refractivity contribution in [3.63, 3.8) is 0 Å². The van der Waals surface area contributed by atoms with E-state index in [0.717, 1.165) is 6.21 Å². The van der Waals surface area contributed by atoms with E-state index in [9.17, 15) is 9.59 Å². The molecule has 0 fully saturated rings. The summed E-state index contributed by atoms with van der Waals surface area (Å²) in [5, 5.41) is 0. The summed E-state index contributed by atoms with van der Waals surface area (Å²) in [5.74, 6) is -0.609. The van der Waals surface area contributed by atoms with E-state index in [4.69, 9.17) is 0 Å². The number of rotatable bonds is 2. The van der Waals surface area contributed by atoms with Gasteiger partial charge in [-0.25, -0.2) is 9.59 Å². The number of ether oxygens (including phenoxy) is 1. The molecular formula is C6H6N2O3. The zero-order chi connectivity index (χ0) is 8.27. The molecule has 0 atom stereocenters. The van der Waals surface area contributed by atoms with Gasteiger partial charge >= 0.3 is 12.0 Å². The summed E-state index contributed by atoms with van der Waals surface area (Å²) in [5.41, 5.74) is -0.0307. The van der Waals surface area contributed by atoms with Crippen LogP contribution < -0.4 is 0 Å². The fourth-order valence-electron chi connectivity index (χ4n) is 0.581. The summed E-state index contributed by atoms with van der Waals surface area (Å²) in [6.07, 6.45) is 1.10. The molecule has 0 aromatic rings. The van der Waals surface area contributed by atoms with Gasteiger partial charge in [0.25, 0.3) is 0 Å². The number of carbonyl (C=O) groups is 2. The Bertz CT molecular complexity index is 255. The Balaban J connectivity index is 2.63. The van der Waals surface area contributed by atoms with Gasteiger partial charge in [-0.15, -0.1) is 0 Å². The highest BCUT2D eigenvalue weighted by atomic mass is 16.5. The summed E-state index contributed by atoms with van der Waals surface area (Å²) in [6.45, 7) is 1.94. The minimum Gasteiger partial charge on any atom is -0.461 e. The molecule has 0 saturated heterocycles. The van der Waals surface area contributed by atoms with Gasteiger partial charge < -0.3 is 4.74 Å². The third kappa shape index (κ3) is 1.70. The molecule has 1 rings (SSSR count). The molecule has 0 N–H and O–H groups in total. The van der Waals surface area contributed by atoms with Crippen molar-refractivity contribution in [1.29, 1.82) is 0 Å². The van der Waals surface area contributed by atoms with Crippen molar-refractivity contribution >= 4 is 23.9 Å². The van der Waals surface area contributed by atoms with Gasteiger partial charge in [0.15, 0.2) is 5.71 Å². The summed E-state index contributed by atoms with van der Waals surface area (Å²) in [7, 11) is 0. The van der Waals surface area contributed by atoms with Crippen molar-refractivity contribution in [3.05, 3.63) is 0 Å². The van der Waals surface area contributed by atoms with Crippen molar-refractivity contribution in [2.24, 2.45) is 9.98 Å². The highest BCUT2D eigenvalue weighted by Gasteiger charge is 2.16. The summed E-state index contributed by atoms with van der Waals surface area (Å²) < 4.78 is 4.56. The first-order valence-electron chi connectivity index (χ1n) is 3.08. The second-order valence-electron chi connectivity index (χ2n) is 1.76.